The van der Waals surface area contributed by atoms with Gasteiger partial charge in [0.25, 0.3) is 0 Å². The second-order valence-electron chi connectivity index (χ2n) is 4.68. The quantitative estimate of drug-likeness (QED) is 0.868. The van der Waals surface area contributed by atoms with Gasteiger partial charge in [-0.15, -0.1) is 0 Å². The maximum Gasteiger partial charge on any atom is 0.422 e. The first-order valence-electron chi connectivity index (χ1n) is 6.61. The van der Waals surface area contributed by atoms with Crippen molar-refractivity contribution in [2.24, 2.45) is 0 Å². The van der Waals surface area contributed by atoms with Crippen molar-refractivity contribution in [3.05, 3.63) is 36.5 Å². The Morgan fingerprint density at radius 3 is 2.91 bits per heavy atom. The molecule has 2 aromatic heterocycles. The summed E-state index contributed by atoms with van der Waals surface area (Å²) in [5.74, 6) is -0.455. The molecule has 10 heteroatoms. The van der Waals surface area contributed by atoms with Crippen LogP contribution in [0.1, 0.15) is 18.5 Å². The number of halogens is 3. The SMILES string of the molecule is C[C@H](C(=O)NCc1ccnc(OCC(F)(F)F)c1)n1cncn1. The number of amides is 1. The van der Waals surface area contributed by atoms with Gasteiger partial charge >= 0.3 is 6.18 Å². The molecule has 1 N–H and O–H groups in total. The van der Waals surface area contributed by atoms with Gasteiger partial charge in [0.15, 0.2) is 6.61 Å². The molecule has 0 spiro atoms. The van der Waals surface area contributed by atoms with E-state index in [1.54, 1.807) is 13.0 Å². The van der Waals surface area contributed by atoms with Gasteiger partial charge in [-0.1, -0.05) is 0 Å². The average Bonchev–Trinajstić information content (AvgIpc) is 3.04. The van der Waals surface area contributed by atoms with E-state index in [1.807, 2.05) is 0 Å². The van der Waals surface area contributed by atoms with Crippen LogP contribution in [0.15, 0.2) is 31.0 Å². The van der Waals surface area contributed by atoms with Crippen LogP contribution in [0, 0.1) is 0 Å². The summed E-state index contributed by atoms with van der Waals surface area (Å²) in [7, 11) is 0. The lowest BCUT2D eigenvalue weighted by molar-refractivity contribution is -0.154. The predicted octanol–water partition coefficient (Wildman–Crippen LogP) is 1.49. The number of pyridine rings is 1. The van der Waals surface area contributed by atoms with Crippen molar-refractivity contribution in [1.82, 2.24) is 25.1 Å². The van der Waals surface area contributed by atoms with Crippen LogP contribution in [0.2, 0.25) is 0 Å². The standard InChI is InChI=1S/C13H14F3N5O2/c1-9(21-8-17-7-20-21)12(22)19-5-10-2-3-18-11(4-10)23-6-13(14,15)16/h2-4,7-9H,5-6H2,1H3,(H,19,22)/t9-/m1/s1. The lowest BCUT2D eigenvalue weighted by Gasteiger charge is -2.13. The van der Waals surface area contributed by atoms with Crippen LogP contribution in [0.25, 0.3) is 0 Å². The average molecular weight is 329 g/mol. The van der Waals surface area contributed by atoms with E-state index in [9.17, 15) is 18.0 Å². The van der Waals surface area contributed by atoms with E-state index >= 15 is 0 Å². The Balaban J connectivity index is 1.89. The summed E-state index contributed by atoms with van der Waals surface area (Å²) in [6.07, 6.45) is -0.385. The van der Waals surface area contributed by atoms with Crippen LogP contribution in [0.5, 0.6) is 5.88 Å². The van der Waals surface area contributed by atoms with Crippen LogP contribution >= 0.6 is 0 Å². The predicted molar refractivity (Wildman–Crippen MR) is 72.4 cm³/mol. The molecule has 0 aliphatic heterocycles. The van der Waals surface area contributed by atoms with Crippen LogP contribution in [-0.4, -0.2) is 38.4 Å². The fraction of sp³-hybridized carbons (Fsp3) is 0.385. The van der Waals surface area contributed by atoms with Crippen molar-refractivity contribution in [3.8, 4) is 5.88 Å². The second-order valence-corrected chi connectivity index (χ2v) is 4.68. The zero-order valence-corrected chi connectivity index (χ0v) is 12.1. The molecule has 0 unspecified atom stereocenters. The first kappa shape index (κ1) is 16.7. The number of ether oxygens (including phenoxy) is 1. The lowest BCUT2D eigenvalue weighted by atomic mass is 10.2. The van der Waals surface area contributed by atoms with Crippen molar-refractivity contribution >= 4 is 5.91 Å². The molecule has 1 atom stereocenters. The van der Waals surface area contributed by atoms with Gasteiger partial charge in [0.05, 0.1) is 0 Å². The molecule has 0 fully saturated rings. The summed E-state index contributed by atoms with van der Waals surface area (Å²) in [6, 6.07) is 2.35. The number of aromatic nitrogens is 4. The van der Waals surface area contributed by atoms with Crippen LogP contribution < -0.4 is 10.1 Å². The van der Waals surface area contributed by atoms with E-state index in [4.69, 9.17) is 0 Å². The molecule has 0 aliphatic carbocycles. The third-order valence-corrected chi connectivity index (χ3v) is 2.86. The summed E-state index contributed by atoms with van der Waals surface area (Å²) in [5.41, 5.74) is 0.566. The number of carbonyl (C=O) groups is 1. The summed E-state index contributed by atoms with van der Waals surface area (Å²) in [6.45, 7) is 0.357. The first-order valence-corrected chi connectivity index (χ1v) is 6.61. The molecule has 0 aromatic carbocycles. The summed E-state index contributed by atoms with van der Waals surface area (Å²) in [4.78, 5) is 19.4. The molecule has 23 heavy (non-hydrogen) atoms. The van der Waals surface area contributed by atoms with E-state index in [0.717, 1.165) is 0 Å². The molecule has 124 valence electrons. The number of rotatable bonds is 6. The smallest absolute Gasteiger partial charge is 0.422 e. The summed E-state index contributed by atoms with van der Waals surface area (Å²) >= 11 is 0. The zero-order chi connectivity index (χ0) is 16.9. The molecule has 2 rings (SSSR count). The number of nitrogens with one attached hydrogen (secondary N) is 1. The van der Waals surface area contributed by atoms with Gasteiger partial charge in [-0.3, -0.25) is 4.79 Å². The van der Waals surface area contributed by atoms with Gasteiger partial charge in [0, 0.05) is 18.8 Å². The number of carbonyl (C=O) groups excluding carboxylic acids is 1. The third kappa shape index (κ3) is 5.24. The van der Waals surface area contributed by atoms with Crippen molar-refractivity contribution in [2.45, 2.75) is 25.7 Å². The lowest BCUT2D eigenvalue weighted by Crippen LogP contribution is -2.30. The van der Waals surface area contributed by atoms with E-state index in [0.29, 0.717) is 5.56 Å². The minimum absolute atomic E-state index is 0.128. The van der Waals surface area contributed by atoms with Gasteiger partial charge in [0.2, 0.25) is 11.8 Å². The highest BCUT2D eigenvalue weighted by atomic mass is 19.4. The highest BCUT2D eigenvalue weighted by Gasteiger charge is 2.28. The van der Waals surface area contributed by atoms with Crippen LogP contribution in [0.3, 0.4) is 0 Å². The van der Waals surface area contributed by atoms with Crippen molar-refractivity contribution in [3.63, 3.8) is 0 Å². The van der Waals surface area contributed by atoms with E-state index in [2.05, 4.69) is 25.1 Å². The van der Waals surface area contributed by atoms with Gasteiger partial charge < -0.3 is 10.1 Å². The molecule has 0 saturated carbocycles. The Bertz CT molecular complexity index is 645. The van der Waals surface area contributed by atoms with Crippen molar-refractivity contribution in [2.75, 3.05) is 6.61 Å². The topological polar surface area (TPSA) is 81.9 Å². The minimum atomic E-state index is -4.43. The number of hydrogen-bond donors (Lipinski definition) is 1. The van der Waals surface area contributed by atoms with Crippen LogP contribution in [-0.2, 0) is 11.3 Å². The first-order chi connectivity index (χ1) is 10.8. The maximum atomic E-state index is 12.1. The Morgan fingerprint density at radius 1 is 1.48 bits per heavy atom. The molecule has 0 aliphatic rings. The maximum absolute atomic E-state index is 12.1. The van der Waals surface area contributed by atoms with Crippen molar-refractivity contribution in [1.29, 1.82) is 0 Å². The molecular weight excluding hydrogens is 315 g/mol. The van der Waals surface area contributed by atoms with Gasteiger partial charge in [-0.25, -0.2) is 14.6 Å². The Labute approximate surface area is 129 Å². The highest BCUT2D eigenvalue weighted by Crippen LogP contribution is 2.17. The number of alkyl halides is 3. The van der Waals surface area contributed by atoms with E-state index in [-0.39, 0.29) is 18.3 Å². The fourth-order valence-electron chi connectivity index (χ4n) is 1.67. The Morgan fingerprint density at radius 2 is 2.26 bits per heavy atom. The molecular formula is C13H14F3N5O2. The van der Waals surface area contributed by atoms with Gasteiger partial charge in [-0.2, -0.15) is 18.3 Å². The zero-order valence-electron chi connectivity index (χ0n) is 12.1. The number of hydrogen-bond acceptors (Lipinski definition) is 5. The largest absolute Gasteiger partial charge is 0.468 e. The molecule has 2 heterocycles. The highest BCUT2D eigenvalue weighted by molar-refractivity contribution is 5.79. The molecule has 2 aromatic rings. The van der Waals surface area contributed by atoms with Gasteiger partial charge in [0.1, 0.15) is 18.7 Å². The molecule has 0 saturated heterocycles. The molecule has 0 radical (unpaired) electrons. The Hall–Kier alpha value is -2.65. The second kappa shape index (κ2) is 7.07. The normalized spacial score (nSPS) is 12.7. The molecule has 7 nitrogen and oxygen atoms in total. The Kier molecular flexibility index (Phi) is 5.14. The van der Waals surface area contributed by atoms with E-state index < -0.39 is 18.8 Å². The van der Waals surface area contributed by atoms with Crippen LogP contribution in [0.4, 0.5) is 13.2 Å². The third-order valence-electron chi connectivity index (χ3n) is 2.86. The molecule has 1 amide bonds. The van der Waals surface area contributed by atoms with Crippen molar-refractivity contribution < 1.29 is 22.7 Å². The summed E-state index contributed by atoms with van der Waals surface area (Å²) < 4.78 is 42.2. The fourth-order valence-corrected chi connectivity index (χ4v) is 1.67. The minimum Gasteiger partial charge on any atom is -0.468 e. The number of nitrogens with zero attached hydrogens (tertiary/aromatic N) is 4. The molecule has 0 bridgehead atoms. The monoisotopic (exact) mass is 329 g/mol. The van der Waals surface area contributed by atoms with Gasteiger partial charge in [-0.05, 0) is 18.6 Å². The van der Waals surface area contributed by atoms with E-state index in [1.165, 1.54) is 29.6 Å². The summed E-state index contributed by atoms with van der Waals surface area (Å²) in [5, 5.41) is 6.52.